The third kappa shape index (κ3) is 2.16. The van der Waals surface area contributed by atoms with Crippen molar-refractivity contribution in [3.8, 4) is 5.75 Å². The highest BCUT2D eigenvalue weighted by molar-refractivity contribution is 6.36. The van der Waals surface area contributed by atoms with Gasteiger partial charge in [-0.1, -0.05) is 12.1 Å². The third-order valence-electron chi connectivity index (χ3n) is 3.37. The van der Waals surface area contributed by atoms with Gasteiger partial charge in [0.25, 0.3) is 5.91 Å². The van der Waals surface area contributed by atoms with E-state index >= 15 is 0 Å². The number of aryl methyl sites for hydroxylation is 1. The molecule has 106 valence electrons. The number of carbonyl (C=O) groups excluding carboxylic acids is 1. The number of aromatic hydroxyl groups is 1. The van der Waals surface area contributed by atoms with Crippen LogP contribution in [-0.4, -0.2) is 16.0 Å². The highest BCUT2D eigenvalue weighted by Crippen LogP contribution is 2.37. The largest absolute Gasteiger partial charge is 0.508 e. The van der Waals surface area contributed by atoms with Gasteiger partial charge in [-0.25, -0.2) is 4.98 Å². The van der Waals surface area contributed by atoms with E-state index in [0.717, 1.165) is 5.56 Å². The molecule has 2 aromatic rings. The summed E-state index contributed by atoms with van der Waals surface area (Å²) in [5, 5.41) is 12.4. The summed E-state index contributed by atoms with van der Waals surface area (Å²) >= 11 is 0. The van der Waals surface area contributed by atoms with E-state index in [4.69, 9.17) is 11.5 Å². The van der Waals surface area contributed by atoms with Gasteiger partial charge in [0.05, 0.1) is 16.8 Å². The molecule has 0 saturated heterocycles. The van der Waals surface area contributed by atoms with Crippen LogP contribution < -0.4 is 16.8 Å². The molecule has 6 N–H and O–H groups in total. The van der Waals surface area contributed by atoms with E-state index in [1.54, 1.807) is 31.2 Å². The predicted molar refractivity (Wildman–Crippen MR) is 82.4 cm³/mol. The predicted octanol–water partition coefficient (Wildman–Crippen LogP) is 1.75. The van der Waals surface area contributed by atoms with Crippen LogP contribution in [0, 0.1) is 6.92 Å². The van der Waals surface area contributed by atoms with Crippen molar-refractivity contribution in [1.82, 2.24) is 4.98 Å². The van der Waals surface area contributed by atoms with Gasteiger partial charge in [0.15, 0.2) is 0 Å². The molecule has 6 heteroatoms. The maximum Gasteiger partial charge on any atom is 0.256 e. The number of nitrogens with zero attached hydrogens (tertiary/aromatic N) is 1. The Morgan fingerprint density at radius 1 is 1.29 bits per heavy atom. The number of nitrogens with two attached hydrogens (primary N) is 2. The standard InChI is InChI=1S/C15H14N4O2/c1-7-2-3-8(5-11(7)20)4-9-13-10(18-15(9)21)6-12(16)19-14(13)17/h2-6,20H,1H3,(H,18,21)(H4,16,17,19)/b9-4-. The van der Waals surface area contributed by atoms with Gasteiger partial charge in [-0.05, 0) is 30.2 Å². The van der Waals surface area contributed by atoms with Gasteiger partial charge >= 0.3 is 0 Å². The number of rotatable bonds is 1. The minimum absolute atomic E-state index is 0.173. The van der Waals surface area contributed by atoms with Gasteiger partial charge < -0.3 is 21.9 Å². The van der Waals surface area contributed by atoms with Crippen molar-refractivity contribution in [2.45, 2.75) is 6.92 Å². The molecule has 1 aromatic heterocycles. The van der Waals surface area contributed by atoms with E-state index in [1.165, 1.54) is 0 Å². The number of anilines is 3. The lowest BCUT2D eigenvalue weighted by atomic mass is 10.0. The first-order valence-corrected chi connectivity index (χ1v) is 6.35. The van der Waals surface area contributed by atoms with Crippen LogP contribution in [0.1, 0.15) is 16.7 Å². The van der Waals surface area contributed by atoms with Crippen LogP contribution >= 0.6 is 0 Å². The Morgan fingerprint density at radius 3 is 2.76 bits per heavy atom. The SMILES string of the molecule is Cc1ccc(/C=C2\C(=O)Nc3cc(N)nc(N)c32)cc1O. The topological polar surface area (TPSA) is 114 Å². The van der Waals surface area contributed by atoms with E-state index in [1.807, 2.05) is 6.07 Å². The van der Waals surface area contributed by atoms with Crippen LogP contribution in [0.2, 0.25) is 0 Å². The molecule has 0 spiro atoms. The Labute approximate surface area is 121 Å². The maximum absolute atomic E-state index is 12.1. The summed E-state index contributed by atoms with van der Waals surface area (Å²) in [4.78, 5) is 16.1. The fourth-order valence-corrected chi connectivity index (χ4v) is 2.29. The Morgan fingerprint density at radius 2 is 2.05 bits per heavy atom. The van der Waals surface area contributed by atoms with Crippen LogP contribution in [0.4, 0.5) is 17.3 Å². The number of nitrogen functional groups attached to an aromatic ring is 2. The summed E-state index contributed by atoms with van der Waals surface area (Å²) in [6.45, 7) is 1.80. The molecule has 0 fully saturated rings. The average Bonchev–Trinajstić information content (AvgIpc) is 2.70. The number of nitrogens with one attached hydrogen (secondary N) is 1. The lowest BCUT2D eigenvalue weighted by Gasteiger charge is -2.04. The third-order valence-corrected chi connectivity index (χ3v) is 3.37. The molecule has 2 heterocycles. The molecule has 3 rings (SSSR count). The summed E-state index contributed by atoms with van der Waals surface area (Å²) in [5.41, 5.74) is 14.4. The monoisotopic (exact) mass is 282 g/mol. The molecule has 1 aliphatic heterocycles. The van der Waals surface area contributed by atoms with E-state index in [2.05, 4.69) is 10.3 Å². The smallest absolute Gasteiger partial charge is 0.256 e. The second-order valence-corrected chi connectivity index (χ2v) is 4.91. The number of amides is 1. The molecule has 6 nitrogen and oxygen atoms in total. The van der Waals surface area contributed by atoms with Crippen molar-refractivity contribution in [2.75, 3.05) is 16.8 Å². The molecule has 1 aromatic carbocycles. The molecule has 0 atom stereocenters. The summed E-state index contributed by atoms with van der Waals surface area (Å²) in [7, 11) is 0. The zero-order valence-electron chi connectivity index (χ0n) is 11.3. The lowest BCUT2D eigenvalue weighted by molar-refractivity contribution is -0.110. The Kier molecular flexibility index (Phi) is 2.79. The van der Waals surface area contributed by atoms with Crippen molar-refractivity contribution in [3.05, 3.63) is 41.0 Å². The quantitative estimate of drug-likeness (QED) is 0.595. The average molecular weight is 282 g/mol. The first kappa shape index (κ1) is 13.0. The van der Waals surface area contributed by atoms with Crippen LogP contribution in [0.3, 0.4) is 0 Å². The lowest BCUT2D eigenvalue weighted by Crippen LogP contribution is -2.03. The fraction of sp³-hybridized carbons (Fsp3) is 0.0667. The number of carbonyl (C=O) groups is 1. The molecule has 0 saturated carbocycles. The van der Waals surface area contributed by atoms with Gasteiger partial charge in [0, 0.05) is 6.07 Å². The van der Waals surface area contributed by atoms with Crippen LogP contribution in [0.15, 0.2) is 24.3 Å². The van der Waals surface area contributed by atoms with Gasteiger partial charge in [0.1, 0.15) is 17.4 Å². The number of hydrogen-bond donors (Lipinski definition) is 4. The Bertz CT molecular complexity index is 797. The molecule has 0 unspecified atom stereocenters. The molecule has 1 aliphatic rings. The van der Waals surface area contributed by atoms with Crippen molar-refractivity contribution < 1.29 is 9.90 Å². The highest BCUT2D eigenvalue weighted by atomic mass is 16.3. The first-order valence-electron chi connectivity index (χ1n) is 6.35. The van der Waals surface area contributed by atoms with Crippen molar-refractivity contribution >= 4 is 34.9 Å². The van der Waals surface area contributed by atoms with E-state index in [9.17, 15) is 9.90 Å². The van der Waals surface area contributed by atoms with E-state index in [0.29, 0.717) is 22.4 Å². The maximum atomic E-state index is 12.1. The second kappa shape index (κ2) is 4.52. The van der Waals surface area contributed by atoms with Crippen LogP contribution in [0.25, 0.3) is 11.6 Å². The molecule has 1 amide bonds. The molecule has 0 bridgehead atoms. The number of fused-ring (bicyclic) bond motifs is 1. The zero-order chi connectivity index (χ0) is 15.1. The molecular weight excluding hydrogens is 268 g/mol. The van der Waals surface area contributed by atoms with Crippen molar-refractivity contribution in [2.24, 2.45) is 0 Å². The van der Waals surface area contributed by atoms with Gasteiger partial charge in [-0.3, -0.25) is 4.79 Å². The highest BCUT2D eigenvalue weighted by Gasteiger charge is 2.27. The van der Waals surface area contributed by atoms with Gasteiger partial charge in [0.2, 0.25) is 0 Å². The minimum Gasteiger partial charge on any atom is -0.508 e. The normalized spacial score (nSPS) is 15.1. The number of benzene rings is 1. The van der Waals surface area contributed by atoms with Crippen molar-refractivity contribution in [3.63, 3.8) is 0 Å². The van der Waals surface area contributed by atoms with E-state index in [-0.39, 0.29) is 23.3 Å². The number of pyridine rings is 1. The Hall–Kier alpha value is -3.02. The second-order valence-electron chi connectivity index (χ2n) is 4.91. The summed E-state index contributed by atoms with van der Waals surface area (Å²) in [6, 6.07) is 6.75. The van der Waals surface area contributed by atoms with Crippen LogP contribution in [0.5, 0.6) is 5.75 Å². The van der Waals surface area contributed by atoms with Crippen LogP contribution in [-0.2, 0) is 4.79 Å². The van der Waals surface area contributed by atoms with Gasteiger partial charge in [-0.15, -0.1) is 0 Å². The number of phenolic OH excluding ortho intramolecular Hbond substituents is 1. The summed E-state index contributed by atoms with van der Waals surface area (Å²) in [5.74, 6) is 0.349. The molecule has 0 radical (unpaired) electrons. The number of phenols is 1. The van der Waals surface area contributed by atoms with Gasteiger partial charge in [-0.2, -0.15) is 0 Å². The fourth-order valence-electron chi connectivity index (χ4n) is 2.29. The first-order chi connectivity index (χ1) is 9.95. The van der Waals surface area contributed by atoms with Crippen molar-refractivity contribution in [1.29, 1.82) is 0 Å². The molecule has 0 aliphatic carbocycles. The summed E-state index contributed by atoms with van der Waals surface area (Å²) in [6.07, 6.45) is 1.66. The Balaban J connectivity index is 2.14. The number of aromatic nitrogens is 1. The summed E-state index contributed by atoms with van der Waals surface area (Å²) < 4.78 is 0. The molecule has 21 heavy (non-hydrogen) atoms. The van der Waals surface area contributed by atoms with E-state index < -0.39 is 0 Å². The number of hydrogen-bond acceptors (Lipinski definition) is 5. The minimum atomic E-state index is -0.274. The molecular formula is C15H14N4O2. The zero-order valence-corrected chi connectivity index (χ0v) is 11.3.